The van der Waals surface area contributed by atoms with Crippen LogP contribution in [0.5, 0.6) is 0 Å². The number of nitrogens with zero attached hydrogens (tertiary/aromatic N) is 1. The van der Waals surface area contributed by atoms with E-state index in [9.17, 15) is 14.0 Å². The molecule has 4 nitrogen and oxygen atoms in total. The first-order chi connectivity index (χ1) is 9.93. The highest BCUT2D eigenvalue weighted by atomic mass is 32.2. The second-order valence-electron chi connectivity index (χ2n) is 4.37. The Bertz CT molecular complexity index is 645. The number of hydrogen-bond donors (Lipinski definition) is 1. The zero-order chi connectivity index (χ0) is 15.6. The predicted octanol–water partition coefficient (Wildman–Crippen LogP) is 2.89. The van der Waals surface area contributed by atoms with Crippen molar-refractivity contribution in [3.8, 4) is 0 Å². The van der Waals surface area contributed by atoms with E-state index in [0.717, 1.165) is 16.7 Å². The summed E-state index contributed by atoms with van der Waals surface area (Å²) in [5.74, 6) is -1.96. The lowest BCUT2D eigenvalue weighted by atomic mass is 10.1. The van der Waals surface area contributed by atoms with Crippen LogP contribution in [-0.2, 0) is 9.59 Å². The number of hydrogen-bond acceptors (Lipinski definition) is 4. The first-order valence-electron chi connectivity index (χ1n) is 6.19. The number of thiocarbonyl (C=S) groups is 1. The Balaban J connectivity index is 2.31. The molecule has 1 saturated heterocycles. The van der Waals surface area contributed by atoms with Gasteiger partial charge in [-0.1, -0.05) is 43.0 Å². The molecule has 1 aliphatic heterocycles. The molecule has 0 radical (unpaired) electrons. The fourth-order valence-electron chi connectivity index (χ4n) is 1.96. The highest BCUT2D eigenvalue weighted by molar-refractivity contribution is 8.26. The van der Waals surface area contributed by atoms with Crippen molar-refractivity contribution >= 4 is 46.3 Å². The average Bonchev–Trinajstić information content (AvgIpc) is 2.67. The monoisotopic (exact) mass is 325 g/mol. The van der Waals surface area contributed by atoms with Gasteiger partial charge < -0.3 is 5.11 Å². The number of carboxylic acids is 1. The third kappa shape index (κ3) is 3.30. The van der Waals surface area contributed by atoms with Gasteiger partial charge in [-0.3, -0.25) is 9.69 Å². The van der Waals surface area contributed by atoms with Crippen LogP contribution in [0, 0.1) is 5.82 Å². The van der Waals surface area contributed by atoms with Gasteiger partial charge in [0.2, 0.25) is 0 Å². The number of thioether (sulfide) groups is 1. The van der Waals surface area contributed by atoms with Crippen molar-refractivity contribution in [2.45, 2.75) is 19.4 Å². The molecule has 1 unspecified atom stereocenters. The molecule has 0 aliphatic carbocycles. The van der Waals surface area contributed by atoms with Crippen molar-refractivity contribution in [3.05, 3.63) is 40.6 Å². The predicted molar refractivity (Wildman–Crippen MR) is 83.1 cm³/mol. The number of carbonyl (C=O) groups is 2. The molecular formula is C14H12FNO3S2. The maximum atomic E-state index is 13.1. The number of rotatable bonds is 4. The maximum Gasteiger partial charge on any atom is 0.326 e. The van der Waals surface area contributed by atoms with Gasteiger partial charge in [0.05, 0.1) is 4.91 Å². The summed E-state index contributed by atoms with van der Waals surface area (Å²) < 4.78 is 13.4. The first-order valence-corrected chi connectivity index (χ1v) is 7.42. The van der Waals surface area contributed by atoms with Crippen molar-refractivity contribution in [2.24, 2.45) is 0 Å². The number of benzene rings is 1. The zero-order valence-electron chi connectivity index (χ0n) is 11.1. The van der Waals surface area contributed by atoms with Crippen LogP contribution < -0.4 is 0 Å². The number of amides is 1. The van der Waals surface area contributed by atoms with Gasteiger partial charge in [0, 0.05) is 0 Å². The van der Waals surface area contributed by atoms with Gasteiger partial charge in [0.1, 0.15) is 16.2 Å². The third-order valence-electron chi connectivity index (χ3n) is 2.95. The van der Waals surface area contributed by atoms with E-state index < -0.39 is 23.7 Å². The Hall–Kier alpha value is -1.73. The minimum atomic E-state index is -1.10. The normalized spacial score (nSPS) is 18.4. The van der Waals surface area contributed by atoms with Crippen LogP contribution in [-0.4, -0.2) is 32.2 Å². The van der Waals surface area contributed by atoms with Crippen LogP contribution in [0.2, 0.25) is 0 Å². The van der Waals surface area contributed by atoms with Crippen LogP contribution in [0.15, 0.2) is 29.2 Å². The van der Waals surface area contributed by atoms with E-state index >= 15 is 0 Å². The van der Waals surface area contributed by atoms with Crippen molar-refractivity contribution < 1.29 is 19.1 Å². The molecule has 1 heterocycles. The molecule has 0 spiro atoms. The smallest absolute Gasteiger partial charge is 0.326 e. The minimum Gasteiger partial charge on any atom is -0.480 e. The van der Waals surface area contributed by atoms with Gasteiger partial charge in [0.15, 0.2) is 0 Å². The Morgan fingerprint density at radius 2 is 2.29 bits per heavy atom. The summed E-state index contributed by atoms with van der Waals surface area (Å²) in [6, 6.07) is 4.81. The molecule has 0 aromatic heterocycles. The summed E-state index contributed by atoms with van der Waals surface area (Å²) in [6.45, 7) is 1.67. The molecule has 21 heavy (non-hydrogen) atoms. The minimum absolute atomic E-state index is 0.205. The van der Waals surface area contributed by atoms with Gasteiger partial charge in [-0.15, -0.1) is 0 Å². The molecule has 2 rings (SSSR count). The second-order valence-corrected chi connectivity index (χ2v) is 6.04. The SMILES string of the molecule is CCC(C(=O)O)N1C(=O)/C(=C\c2cccc(F)c2)SC1=S. The molecule has 1 aromatic carbocycles. The Morgan fingerprint density at radius 1 is 1.57 bits per heavy atom. The fraction of sp³-hybridized carbons (Fsp3) is 0.214. The van der Waals surface area contributed by atoms with Gasteiger partial charge in [-0.25, -0.2) is 9.18 Å². The van der Waals surface area contributed by atoms with E-state index in [-0.39, 0.29) is 10.7 Å². The van der Waals surface area contributed by atoms with E-state index in [1.165, 1.54) is 24.3 Å². The van der Waals surface area contributed by atoms with E-state index in [0.29, 0.717) is 10.5 Å². The number of halogens is 1. The van der Waals surface area contributed by atoms with Crippen molar-refractivity contribution in [2.75, 3.05) is 0 Å². The fourth-order valence-corrected chi connectivity index (χ4v) is 3.32. The topological polar surface area (TPSA) is 57.6 Å². The number of carboxylic acid groups (broad SMARTS) is 1. The molecule has 0 bridgehead atoms. The summed E-state index contributed by atoms with van der Waals surface area (Å²) in [6.07, 6.45) is 1.77. The van der Waals surface area contributed by atoms with E-state index in [1.807, 2.05) is 0 Å². The standard InChI is InChI=1S/C14H12FNO3S2/c1-2-10(13(18)19)16-12(17)11(21-14(16)20)7-8-4-3-5-9(15)6-8/h3-7,10H,2H2,1H3,(H,18,19)/b11-7+. The summed E-state index contributed by atoms with van der Waals surface area (Å²) in [5, 5.41) is 9.15. The Morgan fingerprint density at radius 3 is 2.86 bits per heavy atom. The Kier molecular flexibility index (Phi) is 4.74. The van der Waals surface area contributed by atoms with Crippen LogP contribution in [0.4, 0.5) is 4.39 Å². The molecular weight excluding hydrogens is 313 g/mol. The molecule has 1 amide bonds. The lowest BCUT2D eigenvalue weighted by Crippen LogP contribution is -2.43. The molecule has 7 heteroatoms. The highest BCUT2D eigenvalue weighted by Crippen LogP contribution is 2.34. The number of carbonyl (C=O) groups excluding carboxylic acids is 1. The average molecular weight is 325 g/mol. The summed E-state index contributed by atoms with van der Waals surface area (Å²) in [7, 11) is 0. The lowest BCUT2D eigenvalue weighted by Gasteiger charge is -2.21. The largest absolute Gasteiger partial charge is 0.480 e. The van der Waals surface area contributed by atoms with Crippen molar-refractivity contribution in [1.29, 1.82) is 0 Å². The molecule has 1 fully saturated rings. The summed E-state index contributed by atoms with van der Waals surface area (Å²) in [5.41, 5.74) is 0.527. The van der Waals surface area contributed by atoms with Crippen LogP contribution in [0.3, 0.4) is 0 Å². The molecule has 110 valence electrons. The zero-order valence-corrected chi connectivity index (χ0v) is 12.7. The maximum absolute atomic E-state index is 13.1. The van der Waals surface area contributed by atoms with Gasteiger partial charge >= 0.3 is 5.97 Å². The molecule has 1 atom stereocenters. The molecule has 1 N–H and O–H groups in total. The van der Waals surface area contributed by atoms with E-state index in [2.05, 4.69) is 0 Å². The molecule has 0 saturated carbocycles. The van der Waals surface area contributed by atoms with Crippen LogP contribution in [0.25, 0.3) is 6.08 Å². The van der Waals surface area contributed by atoms with Crippen LogP contribution in [0.1, 0.15) is 18.9 Å². The quantitative estimate of drug-likeness (QED) is 0.681. The van der Waals surface area contributed by atoms with Gasteiger partial charge in [-0.2, -0.15) is 0 Å². The highest BCUT2D eigenvalue weighted by Gasteiger charge is 2.39. The lowest BCUT2D eigenvalue weighted by molar-refractivity contribution is -0.145. The van der Waals surface area contributed by atoms with E-state index in [1.54, 1.807) is 13.0 Å². The summed E-state index contributed by atoms with van der Waals surface area (Å²) in [4.78, 5) is 24.9. The van der Waals surface area contributed by atoms with Crippen molar-refractivity contribution in [1.82, 2.24) is 4.90 Å². The van der Waals surface area contributed by atoms with E-state index in [4.69, 9.17) is 17.3 Å². The Labute approximate surface area is 130 Å². The molecule has 1 aromatic rings. The molecule has 1 aliphatic rings. The second kappa shape index (κ2) is 6.36. The summed E-state index contributed by atoms with van der Waals surface area (Å²) >= 11 is 6.11. The third-order valence-corrected chi connectivity index (χ3v) is 4.28. The first kappa shape index (κ1) is 15.7. The van der Waals surface area contributed by atoms with Crippen molar-refractivity contribution in [3.63, 3.8) is 0 Å². The number of aliphatic carboxylic acids is 1. The van der Waals surface area contributed by atoms with Gasteiger partial charge in [-0.05, 0) is 30.2 Å². The van der Waals surface area contributed by atoms with Crippen LogP contribution >= 0.6 is 24.0 Å². The van der Waals surface area contributed by atoms with Gasteiger partial charge in [0.25, 0.3) is 5.91 Å².